The number of hydrogen-bond donors (Lipinski definition) is 2. The number of aryl methyl sites for hydroxylation is 1. The third-order valence-corrected chi connectivity index (χ3v) is 4.40. The molecular weight excluding hydrogens is 260 g/mol. The molecule has 0 spiro atoms. The van der Waals surface area contributed by atoms with E-state index in [1.165, 1.54) is 0 Å². The number of hydrogen-bond acceptors (Lipinski definition) is 2. The number of anilines is 1. The highest BCUT2D eigenvalue weighted by atomic mass is 35.5. The average molecular weight is 281 g/mol. The van der Waals surface area contributed by atoms with Crippen LogP contribution in [0.2, 0.25) is 5.02 Å². The first-order valence-electron chi connectivity index (χ1n) is 6.87. The molecule has 1 amide bonds. The normalized spacial score (nSPS) is 23.1. The zero-order valence-electron chi connectivity index (χ0n) is 11.3. The smallest absolute Gasteiger partial charge is 0.227 e. The van der Waals surface area contributed by atoms with Crippen LogP contribution >= 0.6 is 11.6 Å². The van der Waals surface area contributed by atoms with Crippen molar-refractivity contribution in [1.82, 2.24) is 0 Å². The molecular formula is C15H21ClN2O. The van der Waals surface area contributed by atoms with Gasteiger partial charge in [0.05, 0.1) is 0 Å². The van der Waals surface area contributed by atoms with Gasteiger partial charge in [-0.05, 0) is 62.8 Å². The summed E-state index contributed by atoms with van der Waals surface area (Å²) in [5, 5.41) is 3.64. The van der Waals surface area contributed by atoms with E-state index in [0.29, 0.717) is 10.9 Å². The molecule has 0 heterocycles. The maximum Gasteiger partial charge on any atom is 0.227 e. The fourth-order valence-electron chi connectivity index (χ4n) is 2.58. The van der Waals surface area contributed by atoms with Gasteiger partial charge in [-0.25, -0.2) is 0 Å². The number of halogens is 1. The lowest BCUT2D eigenvalue weighted by Crippen LogP contribution is -2.29. The van der Waals surface area contributed by atoms with E-state index in [-0.39, 0.29) is 11.8 Å². The lowest BCUT2D eigenvalue weighted by molar-refractivity contribution is -0.121. The van der Waals surface area contributed by atoms with Crippen molar-refractivity contribution >= 4 is 23.2 Å². The highest BCUT2D eigenvalue weighted by Gasteiger charge is 2.25. The van der Waals surface area contributed by atoms with Crippen LogP contribution in [0, 0.1) is 18.8 Å². The van der Waals surface area contributed by atoms with Crippen molar-refractivity contribution in [2.24, 2.45) is 17.6 Å². The number of benzene rings is 1. The summed E-state index contributed by atoms with van der Waals surface area (Å²) in [5.41, 5.74) is 7.46. The van der Waals surface area contributed by atoms with Gasteiger partial charge >= 0.3 is 0 Å². The summed E-state index contributed by atoms with van der Waals surface area (Å²) in [6.07, 6.45) is 3.99. The molecule has 0 unspecified atom stereocenters. The Bertz CT molecular complexity index is 453. The van der Waals surface area contributed by atoms with Crippen LogP contribution in [-0.2, 0) is 4.79 Å². The minimum absolute atomic E-state index is 0.107. The molecule has 0 aromatic heterocycles. The molecule has 0 aliphatic heterocycles. The number of carbonyl (C=O) groups excluding carboxylic acids is 1. The van der Waals surface area contributed by atoms with Crippen molar-refractivity contribution in [3.8, 4) is 0 Å². The van der Waals surface area contributed by atoms with Crippen LogP contribution in [0.1, 0.15) is 31.2 Å². The standard InChI is InChI=1S/C15H21ClN2O/c1-10-2-7-13(8-14(10)16)18-15(19)12-5-3-11(9-17)4-6-12/h2,7-8,11-12H,3-6,9,17H2,1H3,(H,18,19). The van der Waals surface area contributed by atoms with Crippen LogP contribution in [0.15, 0.2) is 18.2 Å². The first-order valence-corrected chi connectivity index (χ1v) is 7.25. The second kappa shape index (κ2) is 6.40. The molecule has 1 fully saturated rings. The van der Waals surface area contributed by atoms with Crippen LogP contribution < -0.4 is 11.1 Å². The molecule has 3 N–H and O–H groups in total. The summed E-state index contributed by atoms with van der Waals surface area (Å²) in [7, 11) is 0. The van der Waals surface area contributed by atoms with Crippen LogP contribution in [0.4, 0.5) is 5.69 Å². The molecule has 0 bridgehead atoms. The fourth-order valence-corrected chi connectivity index (χ4v) is 2.76. The molecule has 1 aliphatic rings. The minimum Gasteiger partial charge on any atom is -0.330 e. The second-order valence-electron chi connectivity index (χ2n) is 5.41. The van der Waals surface area contributed by atoms with Crippen molar-refractivity contribution in [2.45, 2.75) is 32.6 Å². The zero-order valence-corrected chi connectivity index (χ0v) is 12.0. The van der Waals surface area contributed by atoms with Crippen LogP contribution in [0.3, 0.4) is 0 Å². The summed E-state index contributed by atoms with van der Waals surface area (Å²) < 4.78 is 0. The molecule has 19 heavy (non-hydrogen) atoms. The molecule has 104 valence electrons. The van der Waals surface area contributed by atoms with Gasteiger partial charge in [-0.2, -0.15) is 0 Å². The minimum atomic E-state index is 0.107. The third kappa shape index (κ3) is 3.71. The van der Waals surface area contributed by atoms with Crippen molar-refractivity contribution in [3.05, 3.63) is 28.8 Å². The van der Waals surface area contributed by atoms with E-state index in [9.17, 15) is 4.79 Å². The van der Waals surface area contributed by atoms with E-state index in [4.69, 9.17) is 17.3 Å². The Morgan fingerprint density at radius 3 is 2.63 bits per heavy atom. The van der Waals surface area contributed by atoms with E-state index >= 15 is 0 Å². The predicted octanol–water partition coefficient (Wildman–Crippen LogP) is 3.35. The molecule has 2 rings (SSSR count). The Morgan fingerprint density at radius 2 is 2.05 bits per heavy atom. The van der Waals surface area contributed by atoms with E-state index in [0.717, 1.165) is 43.5 Å². The molecule has 1 saturated carbocycles. The lowest BCUT2D eigenvalue weighted by Gasteiger charge is -2.26. The SMILES string of the molecule is Cc1ccc(NC(=O)C2CCC(CN)CC2)cc1Cl. The van der Waals surface area contributed by atoms with Gasteiger partial charge in [0.15, 0.2) is 0 Å². The second-order valence-corrected chi connectivity index (χ2v) is 5.81. The van der Waals surface area contributed by atoms with Crippen molar-refractivity contribution in [2.75, 3.05) is 11.9 Å². The monoisotopic (exact) mass is 280 g/mol. The topological polar surface area (TPSA) is 55.1 Å². The number of nitrogens with two attached hydrogens (primary N) is 1. The van der Waals surface area contributed by atoms with Crippen LogP contribution in [0.25, 0.3) is 0 Å². The van der Waals surface area contributed by atoms with Crippen molar-refractivity contribution < 1.29 is 4.79 Å². The summed E-state index contributed by atoms with van der Waals surface area (Å²) in [6.45, 7) is 2.68. The molecule has 1 aromatic rings. The number of rotatable bonds is 3. The van der Waals surface area contributed by atoms with Crippen LogP contribution in [0.5, 0.6) is 0 Å². The van der Waals surface area contributed by atoms with Crippen LogP contribution in [-0.4, -0.2) is 12.5 Å². The Morgan fingerprint density at radius 1 is 1.37 bits per heavy atom. The molecule has 0 atom stereocenters. The lowest BCUT2D eigenvalue weighted by atomic mass is 9.81. The maximum absolute atomic E-state index is 12.2. The molecule has 1 aliphatic carbocycles. The molecule has 0 saturated heterocycles. The largest absolute Gasteiger partial charge is 0.330 e. The average Bonchev–Trinajstić information content (AvgIpc) is 2.43. The summed E-state index contributed by atoms with van der Waals surface area (Å²) >= 11 is 6.06. The van der Waals surface area contributed by atoms with E-state index in [1.807, 2.05) is 19.1 Å². The van der Waals surface area contributed by atoms with Gasteiger partial charge in [0, 0.05) is 16.6 Å². The van der Waals surface area contributed by atoms with Gasteiger partial charge in [0.2, 0.25) is 5.91 Å². The molecule has 4 heteroatoms. The van der Waals surface area contributed by atoms with E-state index < -0.39 is 0 Å². The summed E-state index contributed by atoms with van der Waals surface area (Å²) in [6, 6.07) is 5.62. The highest BCUT2D eigenvalue weighted by molar-refractivity contribution is 6.31. The first-order chi connectivity index (χ1) is 9.10. The van der Waals surface area contributed by atoms with Gasteiger partial charge in [0.1, 0.15) is 0 Å². The van der Waals surface area contributed by atoms with Crippen molar-refractivity contribution in [3.63, 3.8) is 0 Å². The van der Waals surface area contributed by atoms with Gasteiger partial charge in [-0.1, -0.05) is 17.7 Å². The molecule has 0 radical (unpaired) electrons. The number of nitrogens with one attached hydrogen (secondary N) is 1. The molecule has 1 aromatic carbocycles. The molecule has 3 nitrogen and oxygen atoms in total. The Labute approximate surface area is 119 Å². The van der Waals surface area contributed by atoms with Gasteiger partial charge in [0.25, 0.3) is 0 Å². The zero-order chi connectivity index (χ0) is 13.8. The summed E-state index contributed by atoms with van der Waals surface area (Å²) in [5.74, 6) is 0.816. The summed E-state index contributed by atoms with van der Waals surface area (Å²) in [4.78, 5) is 12.2. The number of carbonyl (C=O) groups is 1. The maximum atomic E-state index is 12.2. The van der Waals surface area contributed by atoms with E-state index in [2.05, 4.69) is 5.32 Å². The number of amides is 1. The van der Waals surface area contributed by atoms with Gasteiger partial charge in [-0.3, -0.25) is 4.79 Å². The highest BCUT2D eigenvalue weighted by Crippen LogP contribution is 2.29. The Kier molecular flexibility index (Phi) is 4.83. The quantitative estimate of drug-likeness (QED) is 0.892. The fraction of sp³-hybridized carbons (Fsp3) is 0.533. The Balaban J connectivity index is 1.92. The first kappa shape index (κ1) is 14.4. The van der Waals surface area contributed by atoms with Gasteiger partial charge < -0.3 is 11.1 Å². The Hall–Kier alpha value is -1.06. The van der Waals surface area contributed by atoms with Crippen molar-refractivity contribution in [1.29, 1.82) is 0 Å². The predicted molar refractivity (Wildman–Crippen MR) is 79.3 cm³/mol. The van der Waals surface area contributed by atoms with E-state index in [1.54, 1.807) is 6.07 Å². The third-order valence-electron chi connectivity index (χ3n) is 3.99. The van der Waals surface area contributed by atoms with Gasteiger partial charge in [-0.15, -0.1) is 0 Å².